The molecule has 2 heterocycles. The molecule has 0 bridgehead atoms. The summed E-state index contributed by atoms with van der Waals surface area (Å²) >= 11 is 8.23. The summed E-state index contributed by atoms with van der Waals surface area (Å²) in [5.74, 6) is -0.701. The Bertz CT molecular complexity index is 1130. The monoisotopic (exact) mass is 498 g/mol. The van der Waals surface area contributed by atoms with E-state index in [1.54, 1.807) is 11.3 Å². The number of thiophene rings is 1. The zero-order chi connectivity index (χ0) is 24.1. The summed E-state index contributed by atoms with van der Waals surface area (Å²) in [6.45, 7) is 2.89. The molecule has 1 aromatic heterocycles. The standard InChI is InChI=1S/C27H27ClO5S/c1-17(29)31-15-25-13-24(32-18(2)30)14-27(33-25)21-7-8-26(28)23(12-21)11-19-3-5-20(6-4-19)22-9-10-34-16-22/h3-10,12,16,24-25,27H,11,13-15H2,1-2H3/t24?,25-,27+/m0/s1. The van der Waals surface area contributed by atoms with Crippen molar-refractivity contribution in [2.24, 2.45) is 0 Å². The minimum atomic E-state index is -0.367. The molecule has 0 spiro atoms. The molecule has 178 valence electrons. The number of carbonyl (C=O) groups excluding carboxylic acids is 2. The molecule has 5 nitrogen and oxygen atoms in total. The lowest BCUT2D eigenvalue weighted by molar-refractivity contribution is -0.169. The van der Waals surface area contributed by atoms with E-state index < -0.39 is 0 Å². The van der Waals surface area contributed by atoms with Gasteiger partial charge in [-0.2, -0.15) is 11.3 Å². The Labute approximate surface area is 208 Å². The molecule has 0 saturated carbocycles. The van der Waals surface area contributed by atoms with E-state index in [0.29, 0.717) is 24.3 Å². The second-order valence-corrected chi connectivity index (χ2v) is 9.68. The van der Waals surface area contributed by atoms with Gasteiger partial charge in [0.1, 0.15) is 12.7 Å². The highest BCUT2D eigenvalue weighted by molar-refractivity contribution is 7.08. The fourth-order valence-electron chi connectivity index (χ4n) is 4.23. The van der Waals surface area contributed by atoms with E-state index in [1.165, 1.54) is 25.0 Å². The minimum absolute atomic E-state index is 0.126. The summed E-state index contributed by atoms with van der Waals surface area (Å²) in [6, 6.07) is 16.5. The summed E-state index contributed by atoms with van der Waals surface area (Å²) in [6.07, 6.45) is 0.757. The van der Waals surface area contributed by atoms with Crippen molar-refractivity contribution < 1.29 is 23.8 Å². The molecular weight excluding hydrogens is 472 g/mol. The van der Waals surface area contributed by atoms with Crippen molar-refractivity contribution in [2.75, 3.05) is 6.61 Å². The number of ether oxygens (including phenoxy) is 3. The van der Waals surface area contributed by atoms with Gasteiger partial charge in [0.2, 0.25) is 0 Å². The van der Waals surface area contributed by atoms with E-state index in [2.05, 4.69) is 47.2 Å². The van der Waals surface area contributed by atoms with Crippen LogP contribution in [0.2, 0.25) is 5.02 Å². The number of halogens is 1. The van der Waals surface area contributed by atoms with Gasteiger partial charge in [0.15, 0.2) is 0 Å². The fourth-order valence-corrected chi connectivity index (χ4v) is 5.08. The lowest BCUT2D eigenvalue weighted by Crippen LogP contribution is -2.36. The van der Waals surface area contributed by atoms with Crippen LogP contribution in [0, 0.1) is 0 Å². The van der Waals surface area contributed by atoms with Gasteiger partial charge in [-0.05, 0) is 57.1 Å². The quantitative estimate of drug-likeness (QED) is 0.354. The SMILES string of the molecule is CC(=O)OC[C@@H]1CC(OC(C)=O)C[C@H](c2ccc(Cl)c(Cc3ccc(-c4ccsc4)cc3)c2)O1. The topological polar surface area (TPSA) is 61.8 Å². The number of hydrogen-bond donors (Lipinski definition) is 0. The molecular formula is C27H27ClO5S. The number of rotatable bonds is 7. The van der Waals surface area contributed by atoms with Gasteiger partial charge in [-0.3, -0.25) is 9.59 Å². The van der Waals surface area contributed by atoms with E-state index in [0.717, 1.165) is 16.7 Å². The zero-order valence-electron chi connectivity index (χ0n) is 19.2. The Hall–Kier alpha value is -2.67. The predicted octanol–water partition coefficient (Wildman–Crippen LogP) is 6.37. The Morgan fingerprint density at radius 2 is 1.82 bits per heavy atom. The van der Waals surface area contributed by atoms with Crippen LogP contribution in [0.15, 0.2) is 59.3 Å². The molecule has 1 fully saturated rings. The highest BCUT2D eigenvalue weighted by Crippen LogP contribution is 2.35. The second-order valence-electron chi connectivity index (χ2n) is 8.49. The third-order valence-electron chi connectivity index (χ3n) is 5.81. The summed E-state index contributed by atoms with van der Waals surface area (Å²) in [7, 11) is 0. The van der Waals surface area contributed by atoms with Gasteiger partial charge in [-0.15, -0.1) is 0 Å². The molecule has 3 aromatic rings. The first-order chi connectivity index (χ1) is 16.4. The Balaban J connectivity index is 1.51. The van der Waals surface area contributed by atoms with Crippen molar-refractivity contribution in [2.45, 2.75) is 51.4 Å². The van der Waals surface area contributed by atoms with E-state index in [-0.39, 0.29) is 36.9 Å². The minimum Gasteiger partial charge on any atom is -0.463 e. The van der Waals surface area contributed by atoms with Gasteiger partial charge >= 0.3 is 11.9 Å². The maximum absolute atomic E-state index is 11.6. The molecule has 0 N–H and O–H groups in total. The molecule has 1 unspecified atom stereocenters. The van der Waals surface area contributed by atoms with Crippen molar-refractivity contribution in [3.8, 4) is 11.1 Å². The van der Waals surface area contributed by atoms with Crippen LogP contribution < -0.4 is 0 Å². The summed E-state index contributed by atoms with van der Waals surface area (Å²) in [5.41, 5.74) is 5.52. The van der Waals surface area contributed by atoms with Gasteiger partial charge in [-0.1, -0.05) is 48.0 Å². The predicted molar refractivity (Wildman–Crippen MR) is 133 cm³/mol. The third kappa shape index (κ3) is 6.47. The maximum Gasteiger partial charge on any atom is 0.302 e. The highest BCUT2D eigenvalue weighted by atomic mass is 35.5. The summed E-state index contributed by atoms with van der Waals surface area (Å²) in [4.78, 5) is 22.8. The van der Waals surface area contributed by atoms with E-state index >= 15 is 0 Å². The van der Waals surface area contributed by atoms with Gasteiger partial charge in [0.25, 0.3) is 0 Å². The van der Waals surface area contributed by atoms with Crippen molar-refractivity contribution in [1.29, 1.82) is 0 Å². The lowest BCUT2D eigenvalue weighted by Gasteiger charge is -2.35. The molecule has 2 aromatic carbocycles. The normalized spacial score (nSPS) is 20.0. The molecule has 34 heavy (non-hydrogen) atoms. The number of carbonyl (C=O) groups is 2. The molecule has 3 atom stereocenters. The third-order valence-corrected chi connectivity index (χ3v) is 6.86. The van der Waals surface area contributed by atoms with E-state index in [1.807, 2.05) is 12.1 Å². The van der Waals surface area contributed by atoms with Crippen LogP contribution in [0.3, 0.4) is 0 Å². The van der Waals surface area contributed by atoms with Gasteiger partial charge in [0.05, 0.1) is 12.2 Å². The summed E-state index contributed by atoms with van der Waals surface area (Å²) < 4.78 is 16.9. The first kappa shape index (κ1) is 24.5. The molecule has 1 aliphatic rings. The molecule has 0 amide bonds. The van der Waals surface area contributed by atoms with Crippen LogP contribution in [0.25, 0.3) is 11.1 Å². The lowest BCUT2D eigenvalue weighted by atomic mass is 9.93. The van der Waals surface area contributed by atoms with Crippen LogP contribution >= 0.6 is 22.9 Å². The van der Waals surface area contributed by atoms with Crippen molar-refractivity contribution in [3.63, 3.8) is 0 Å². The Morgan fingerprint density at radius 1 is 1.03 bits per heavy atom. The van der Waals surface area contributed by atoms with Crippen LogP contribution in [-0.4, -0.2) is 30.8 Å². The zero-order valence-corrected chi connectivity index (χ0v) is 20.7. The molecule has 0 aliphatic carbocycles. The summed E-state index contributed by atoms with van der Waals surface area (Å²) in [5, 5.41) is 4.90. The van der Waals surface area contributed by atoms with Gasteiger partial charge in [0, 0.05) is 31.7 Å². The smallest absolute Gasteiger partial charge is 0.302 e. The van der Waals surface area contributed by atoms with Crippen molar-refractivity contribution in [1.82, 2.24) is 0 Å². The highest BCUT2D eigenvalue weighted by Gasteiger charge is 2.33. The fraction of sp³-hybridized carbons (Fsp3) is 0.333. The van der Waals surface area contributed by atoms with Crippen LogP contribution in [0.1, 0.15) is 49.5 Å². The van der Waals surface area contributed by atoms with Crippen molar-refractivity contribution >= 4 is 34.9 Å². The first-order valence-electron chi connectivity index (χ1n) is 11.2. The van der Waals surface area contributed by atoms with E-state index in [4.69, 9.17) is 25.8 Å². The molecule has 4 rings (SSSR count). The van der Waals surface area contributed by atoms with Crippen LogP contribution in [-0.2, 0) is 30.2 Å². The van der Waals surface area contributed by atoms with Crippen molar-refractivity contribution in [3.05, 3.63) is 81.0 Å². The molecule has 7 heteroatoms. The van der Waals surface area contributed by atoms with Gasteiger partial charge in [-0.25, -0.2) is 0 Å². The van der Waals surface area contributed by atoms with Crippen LogP contribution in [0.5, 0.6) is 0 Å². The van der Waals surface area contributed by atoms with E-state index in [9.17, 15) is 9.59 Å². The Morgan fingerprint density at radius 3 is 2.50 bits per heavy atom. The molecule has 1 saturated heterocycles. The maximum atomic E-state index is 11.6. The van der Waals surface area contributed by atoms with Crippen LogP contribution in [0.4, 0.5) is 0 Å². The average molecular weight is 499 g/mol. The number of esters is 2. The molecule has 1 aliphatic heterocycles. The number of benzene rings is 2. The molecule has 0 radical (unpaired) electrons. The average Bonchev–Trinajstić information content (AvgIpc) is 3.34. The Kier molecular flexibility index (Phi) is 8.03. The number of hydrogen-bond acceptors (Lipinski definition) is 6. The second kappa shape index (κ2) is 11.2. The largest absolute Gasteiger partial charge is 0.463 e. The van der Waals surface area contributed by atoms with Gasteiger partial charge < -0.3 is 14.2 Å². The first-order valence-corrected chi connectivity index (χ1v) is 12.6.